The number of amidine groups is 1. The Bertz CT molecular complexity index is 458. The molecule has 1 fully saturated rings. The lowest BCUT2D eigenvalue weighted by Gasteiger charge is -2.32. The second-order valence-electron chi connectivity index (χ2n) is 5.46. The van der Waals surface area contributed by atoms with Crippen molar-refractivity contribution in [2.75, 3.05) is 26.3 Å². The Morgan fingerprint density at radius 2 is 2.00 bits per heavy atom. The maximum atomic E-state index is 10.4. The van der Waals surface area contributed by atoms with Gasteiger partial charge in [0.05, 0.1) is 11.5 Å². The number of nitrogens with one attached hydrogen (secondary N) is 1. The fourth-order valence-electron chi connectivity index (χ4n) is 2.53. The van der Waals surface area contributed by atoms with Gasteiger partial charge >= 0.3 is 0 Å². The molecule has 5 N–H and O–H groups in total. The Balaban J connectivity index is 1.94. The summed E-state index contributed by atoms with van der Waals surface area (Å²) in [6, 6.07) is 9.63. The summed E-state index contributed by atoms with van der Waals surface area (Å²) in [4.78, 5) is 0. The van der Waals surface area contributed by atoms with Crippen molar-refractivity contribution in [2.45, 2.75) is 24.4 Å². The lowest BCUT2D eigenvalue weighted by molar-refractivity contribution is -0.0614. The van der Waals surface area contributed by atoms with E-state index in [-0.39, 0.29) is 11.8 Å². The third-order valence-corrected chi connectivity index (χ3v) is 3.90. The molecule has 21 heavy (non-hydrogen) atoms. The summed E-state index contributed by atoms with van der Waals surface area (Å²) in [6.45, 7) is 2.14. The molecule has 1 aliphatic rings. The Morgan fingerprint density at radius 3 is 2.62 bits per heavy atom. The number of nitrogens with two attached hydrogens (primary N) is 1. The van der Waals surface area contributed by atoms with Crippen LogP contribution in [0.25, 0.3) is 0 Å². The summed E-state index contributed by atoms with van der Waals surface area (Å²) in [6.07, 6.45) is 1.25. The molecule has 2 rings (SSSR count). The lowest BCUT2D eigenvalue weighted by atomic mass is 9.93. The smallest absolute Gasteiger partial charge is 0.147 e. The van der Waals surface area contributed by atoms with Gasteiger partial charge in [0, 0.05) is 39.1 Å². The standard InChI is InChI=1S/C15H23N3O3/c16-14(18-20)13(12-4-2-1-3-5-12)10-17-11-15(19)6-8-21-9-7-15/h1-5,13,17,19-20H,6-11H2,(H2,16,18). The summed E-state index contributed by atoms with van der Waals surface area (Å²) >= 11 is 0. The van der Waals surface area contributed by atoms with Crippen LogP contribution in [0.3, 0.4) is 0 Å². The zero-order valence-electron chi connectivity index (χ0n) is 12.0. The Labute approximate surface area is 124 Å². The summed E-state index contributed by atoms with van der Waals surface area (Å²) < 4.78 is 5.26. The molecule has 6 nitrogen and oxygen atoms in total. The highest BCUT2D eigenvalue weighted by Crippen LogP contribution is 2.20. The normalized spacial score (nSPS) is 20.1. The van der Waals surface area contributed by atoms with Gasteiger partial charge in [-0.25, -0.2) is 0 Å². The molecular formula is C15H23N3O3. The van der Waals surface area contributed by atoms with E-state index in [2.05, 4.69) is 10.5 Å². The Morgan fingerprint density at radius 1 is 1.33 bits per heavy atom. The highest BCUT2D eigenvalue weighted by molar-refractivity contribution is 5.87. The first-order chi connectivity index (χ1) is 10.1. The molecule has 0 aromatic heterocycles. The topological polar surface area (TPSA) is 100 Å². The minimum absolute atomic E-state index is 0.160. The largest absolute Gasteiger partial charge is 0.409 e. The van der Waals surface area contributed by atoms with Crippen molar-refractivity contribution >= 4 is 5.84 Å². The fourth-order valence-corrected chi connectivity index (χ4v) is 2.53. The quantitative estimate of drug-likeness (QED) is 0.267. The maximum absolute atomic E-state index is 10.4. The molecule has 1 aromatic rings. The first kappa shape index (κ1) is 15.8. The molecule has 1 unspecified atom stereocenters. The van der Waals surface area contributed by atoms with Gasteiger partial charge in [-0.2, -0.15) is 0 Å². The minimum atomic E-state index is -0.732. The third-order valence-electron chi connectivity index (χ3n) is 3.90. The summed E-state index contributed by atoms with van der Waals surface area (Å²) in [7, 11) is 0. The molecule has 0 bridgehead atoms. The zero-order valence-corrected chi connectivity index (χ0v) is 12.0. The highest BCUT2D eigenvalue weighted by atomic mass is 16.5. The lowest BCUT2D eigenvalue weighted by Crippen LogP contribution is -2.46. The van der Waals surface area contributed by atoms with Crippen LogP contribution in [-0.2, 0) is 4.74 Å². The van der Waals surface area contributed by atoms with Crippen LogP contribution >= 0.6 is 0 Å². The highest BCUT2D eigenvalue weighted by Gasteiger charge is 2.29. The molecule has 0 aliphatic carbocycles. The monoisotopic (exact) mass is 293 g/mol. The van der Waals surface area contributed by atoms with Gasteiger partial charge in [0.25, 0.3) is 0 Å². The van der Waals surface area contributed by atoms with Gasteiger partial charge < -0.3 is 26.1 Å². The molecule has 1 saturated heterocycles. The van der Waals surface area contributed by atoms with E-state index in [1.807, 2.05) is 30.3 Å². The van der Waals surface area contributed by atoms with Crippen LogP contribution in [0.15, 0.2) is 35.5 Å². The van der Waals surface area contributed by atoms with E-state index in [9.17, 15) is 5.11 Å². The van der Waals surface area contributed by atoms with E-state index >= 15 is 0 Å². The number of ether oxygens (including phenoxy) is 1. The van der Waals surface area contributed by atoms with Crippen molar-refractivity contribution in [2.24, 2.45) is 10.9 Å². The fraction of sp³-hybridized carbons (Fsp3) is 0.533. The van der Waals surface area contributed by atoms with Gasteiger partial charge in [-0.15, -0.1) is 0 Å². The van der Waals surface area contributed by atoms with Crippen LogP contribution in [0, 0.1) is 0 Å². The van der Waals surface area contributed by atoms with Crippen molar-refractivity contribution < 1.29 is 15.1 Å². The number of hydrogen-bond donors (Lipinski definition) is 4. The van der Waals surface area contributed by atoms with Crippen LogP contribution in [0.1, 0.15) is 24.3 Å². The van der Waals surface area contributed by atoms with Crippen molar-refractivity contribution in [1.82, 2.24) is 5.32 Å². The average Bonchev–Trinajstić information content (AvgIpc) is 2.52. The molecule has 1 aromatic carbocycles. The first-order valence-corrected chi connectivity index (χ1v) is 7.18. The molecule has 0 saturated carbocycles. The number of hydrogen-bond acceptors (Lipinski definition) is 5. The Hall–Kier alpha value is -1.63. The molecule has 1 heterocycles. The molecule has 0 amide bonds. The van der Waals surface area contributed by atoms with Crippen molar-refractivity contribution in [3.63, 3.8) is 0 Å². The van der Waals surface area contributed by atoms with Gasteiger partial charge in [0.1, 0.15) is 5.84 Å². The zero-order chi connectivity index (χ0) is 15.1. The predicted molar refractivity (Wildman–Crippen MR) is 80.5 cm³/mol. The van der Waals surface area contributed by atoms with Crippen LogP contribution in [0.5, 0.6) is 0 Å². The molecule has 0 radical (unpaired) electrons. The third kappa shape index (κ3) is 4.42. The van der Waals surface area contributed by atoms with Gasteiger partial charge in [0.2, 0.25) is 0 Å². The Kier molecular flexibility index (Phi) is 5.55. The number of aliphatic hydroxyl groups is 1. The van der Waals surface area contributed by atoms with Gasteiger partial charge in [-0.05, 0) is 5.56 Å². The summed E-state index contributed by atoms with van der Waals surface area (Å²) in [5.41, 5.74) is 6.02. The molecule has 1 atom stereocenters. The van der Waals surface area contributed by atoms with Gasteiger partial charge in [-0.3, -0.25) is 0 Å². The van der Waals surface area contributed by atoms with Gasteiger partial charge in [-0.1, -0.05) is 35.5 Å². The van der Waals surface area contributed by atoms with E-state index in [4.69, 9.17) is 15.7 Å². The summed E-state index contributed by atoms with van der Waals surface area (Å²) in [5, 5.41) is 25.7. The molecule has 0 spiro atoms. The van der Waals surface area contributed by atoms with E-state index in [0.717, 1.165) is 5.56 Å². The maximum Gasteiger partial charge on any atom is 0.147 e. The van der Waals surface area contributed by atoms with E-state index < -0.39 is 5.60 Å². The number of oxime groups is 1. The van der Waals surface area contributed by atoms with E-state index in [1.54, 1.807) is 0 Å². The van der Waals surface area contributed by atoms with E-state index in [1.165, 1.54) is 0 Å². The molecule has 1 aliphatic heterocycles. The molecule has 6 heteroatoms. The molecule has 116 valence electrons. The van der Waals surface area contributed by atoms with Crippen LogP contribution in [0.2, 0.25) is 0 Å². The van der Waals surface area contributed by atoms with Crippen LogP contribution in [0.4, 0.5) is 0 Å². The van der Waals surface area contributed by atoms with Crippen molar-refractivity contribution in [3.05, 3.63) is 35.9 Å². The number of rotatable bonds is 6. The second kappa shape index (κ2) is 7.40. The van der Waals surface area contributed by atoms with Crippen molar-refractivity contribution in [1.29, 1.82) is 0 Å². The van der Waals surface area contributed by atoms with Gasteiger partial charge in [0.15, 0.2) is 0 Å². The predicted octanol–water partition coefficient (Wildman–Crippen LogP) is 0.648. The first-order valence-electron chi connectivity index (χ1n) is 7.18. The minimum Gasteiger partial charge on any atom is -0.409 e. The SMILES string of the molecule is N/C(=N/O)C(CNCC1(O)CCOCC1)c1ccccc1. The van der Waals surface area contributed by atoms with Crippen LogP contribution in [-0.4, -0.2) is 48.1 Å². The summed E-state index contributed by atoms with van der Waals surface area (Å²) in [5.74, 6) is -0.0627. The second-order valence-corrected chi connectivity index (χ2v) is 5.46. The van der Waals surface area contributed by atoms with E-state index in [0.29, 0.717) is 39.1 Å². The average molecular weight is 293 g/mol. The number of nitrogens with zero attached hydrogens (tertiary/aromatic N) is 1. The molecular weight excluding hydrogens is 270 g/mol. The van der Waals surface area contributed by atoms with Crippen LogP contribution < -0.4 is 11.1 Å². The van der Waals surface area contributed by atoms with Crippen molar-refractivity contribution in [3.8, 4) is 0 Å². The number of benzene rings is 1.